The highest BCUT2D eigenvalue weighted by Gasteiger charge is 2.14. The normalized spacial score (nSPS) is 10.6. The topological polar surface area (TPSA) is 94.1 Å². The minimum absolute atomic E-state index is 0.212. The highest BCUT2D eigenvalue weighted by molar-refractivity contribution is 5.93. The van der Waals surface area contributed by atoms with Gasteiger partial charge in [0, 0.05) is 36.8 Å². The first kappa shape index (κ1) is 15.8. The zero-order chi connectivity index (χ0) is 17.8. The van der Waals surface area contributed by atoms with Crippen molar-refractivity contribution in [3.8, 4) is 22.8 Å². The number of rotatable bonds is 5. The molecule has 0 fully saturated rings. The largest absolute Gasteiger partial charge is 0.463 e. The lowest BCUT2D eigenvalue weighted by Gasteiger charge is -2.04. The van der Waals surface area contributed by atoms with Crippen LogP contribution in [-0.2, 0) is 6.54 Å². The molecular formula is C19H14N4O3. The molecule has 4 aromatic rings. The van der Waals surface area contributed by atoms with Crippen LogP contribution in [0.25, 0.3) is 22.8 Å². The number of pyridine rings is 2. The molecule has 0 aliphatic carbocycles. The van der Waals surface area contributed by atoms with E-state index >= 15 is 0 Å². The number of nitrogens with one attached hydrogen (secondary N) is 1. The number of aromatic nitrogens is 3. The molecule has 7 heteroatoms. The van der Waals surface area contributed by atoms with Gasteiger partial charge in [-0.15, -0.1) is 0 Å². The molecule has 0 bridgehead atoms. The van der Waals surface area contributed by atoms with Crippen LogP contribution >= 0.6 is 0 Å². The molecule has 1 N–H and O–H groups in total. The molecule has 0 radical (unpaired) electrons. The van der Waals surface area contributed by atoms with Crippen molar-refractivity contribution in [2.75, 3.05) is 0 Å². The maximum Gasteiger partial charge on any atom is 0.273 e. The molecule has 4 aromatic heterocycles. The van der Waals surface area contributed by atoms with Crippen molar-refractivity contribution in [1.82, 2.24) is 20.4 Å². The van der Waals surface area contributed by atoms with Crippen molar-refractivity contribution in [2.45, 2.75) is 6.54 Å². The van der Waals surface area contributed by atoms with Gasteiger partial charge in [-0.25, -0.2) is 0 Å². The van der Waals surface area contributed by atoms with E-state index in [0.29, 0.717) is 23.8 Å². The van der Waals surface area contributed by atoms with Crippen molar-refractivity contribution in [3.63, 3.8) is 0 Å². The van der Waals surface area contributed by atoms with Crippen LogP contribution in [0.4, 0.5) is 0 Å². The summed E-state index contributed by atoms with van der Waals surface area (Å²) in [7, 11) is 0. The van der Waals surface area contributed by atoms with Crippen molar-refractivity contribution in [2.24, 2.45) is 0 Å². The van der Waals surface area contributed by atoms with E-state index in [1.165, 1.54) is 0 Å². The van der Waals surface area contributed by atoms with Crippen LogP contribution < -0.4 is 5.32 Å². The second-order valence-electron chi connectivity index (χ2n) is 5.53. The quantitative estimate of drug-likeness (QED) is 0.596. The lowest BCUT2D eigenvalue weighted by molar-refractivity contribution is 0.0942. The molecule has 4 heterocycles. The van der Waals surface area contributed by atoms with Gasteiger partial charge in [-0.2, -0.15) is 0 Å². The van der Waals surface area contributed by atoms with E-state index in [0.717, 1.165) is 11.1 Å². The molecule has 0 saturated heterocycles. The zero-order valence-electron chi connectivity index (χ0n) is 13.6. The molecule has 0 aromatic carbocycles. The standard InChI is InChI=1S/C19H14N4O3/c24-19(16-10-18(26-23-16)14-3-1-6-20-12-14)22-11-13-5-7-21-15(9-13)17-4-2-8-25-17/h1-10,12H,11H2,(H,22,24). The Kier molecular flexibility index (Phi) is 4.26. The second kappa shape index (κ2) is 7.02. The van der Waals surface area contributed by atoms with Crippen LogP contribution in [0, 0.1) is 0 Å². The van der Waals surface area contributed by atoms with Gasteiger partial charge in [0.05, 0.1) is 6.26 Å². The molecule has 0 atom stereocenters. The van der Waals surface area contributed by atoms with Crippen LogP contribution in [0.5, 0.6) is 0 Å². The van der Waals surface area contributed by atoms with Crippen molar-refractivity contribution in [3.05, 3.63) is 78.6 Å². The highest BCUT2D eigenvalue weighted by Crippen LogP contribution is 2.20. The molecule has 128 valence electrons. The Morgan fingerprint density at radius 3 is 2.85 bits per heavy atom. The Labute approximate surface area is 148 Å². The fourth-order valence-corrected chi connectivity index (χ4v) is 2.44. The van der Waals surface area contributed by atoms with Gasteiger partial charge in [0.15, 0.2) is 17.2 Å². The van der Waals surface area contributed by atoms with Crippen LogP contribution in [0.1, 0.15) is 16.1 Å². The van der Waals surface area contributed by atoms with Crippen LogP contribution in [-0.4, -0.2) is 21.0 Å². The van der Waals surface area contributed by atoms with Crippen molar-refractivity contribution < 1.29 is 13.7 Å². The van der Waals surface area contributed by atoms with Gasteiger partial charge in [-0.1, -0.05) is 5.16 Å². The molecule has 0 unspecified atom stereocenters. The number of furan rings is 1. The lowest BCUT2D eigenvalue weighted by atomic mass is 10.2. The smallest absolute Gasteiger partial charge is 0.273 e. The van der Waals surface area contributed by atoms with Crippen LogP contribution in [0.15, 0.2) is 76.3 Å². The Hall–Kier alpha value is -3.74. The number of amides is 1. The van der Waals surface area contributed by atoms with E-state index < -0.39 is 0 Å². The minimum Gasteiger partial charge on any atom is -0.463 e. The molecule has 7 nitrogen and oxygen atoms in total. The van der Waals surface area contributed by atoms with E-state index in [4.69, 9.17) is 8.94 Å². The third kappa shape index (κ3) is 3.36. The van der Waals surface area contributed by atoms with Gasteiger partial charge in [0.25, 0.3) is 5.91 Å². The molecule has 0 spiro atoms. The van der Waals surface area contributed by atoms with Crippen molar-refractivity contribution in [1.29, 1.82) is 0 Å². The van der Waals surface area contributed by atoms with E-state index in [1.54, 1.807) is 43.1 Å². The predicted octanol–water partition coefficient (Wildman–Crippen LogP) is 3.32. The summed E-state index contributed by atoms with van der Waals surface area (Å²) in [4.78, 5) is 20.6. The summed E-state index contributed by atoms with van der Waals surface area (Å²) in [6.45, 7) is 0.337. The summed E-state index contributed by atoms with van der Waals surface area (Å²) in [5.74, 6) is 0.850. The molecule has 1 amide bonds. The first-order valence-corrected chi connectivity index (χ1v) is 7.94. The molecule has 0 aliphatic heterocycles. The van der Waals surface area contributed by atoms with Gasteiger partial charge >= 0.3 is 0 Å². The monoisotopic (exact) mass is 346 g/mol. The summed E-state index contributed by atoms with van der Waals surface area (Å²) in [6.07, 6.45) is 6.58. The number of hydrogen-bond donors (Lipinski definition) is 1. The maximum absolute atomic E-state index is 12.3. The van der Waals surface area contributed by atoms with E-state index in [2.05, 4.69) is 20.4 Å². The SMILES string of the molecule is O=C(NCc1ccnc(-c2ccco2)c1)c1cc(-c2cccnc2)on1. The van der Waals surface area contributed by atoms with Crippen molar-refractivity contribution >= 4 is 5.91 Å². The Morgan fingerprint density at radius 1 is 1.08 bits per heavy atom. The predicted molar refractivity (Wildman–Crippen MR) is 92.8 cm³/mol. The number of carbonyl (C=O) groups excluding carboxylic acids is 1. The molecule has 4 rings (SSSR count). The average molecular weight is 346 g/mol. The number of nitrogens with zero attached hydrogens (tertiary/aromatic N) is 3. The third-order valence-corrected chi connectivity index (χ3v) is 3.74. The fraction of sp³-hybridized carbons (Fsp3) is 0.0526. The minimum atomic E-state index is -0.319. The lowest BCUT2D eigenvalue weighted by Crippen LogP contribution is -2.23. The van der Waals surface area contributed by atoms with E-state index in [1.807, 2.05) is 24.3 Å². The van der Waals surface area contributed by atoms with Gasteiger partial charge in [-0.05, 0) is 42.0 Å². The highest BCUT2D eigenvalue weighted by atomic mass is 16.5. The van der Waals surface area contributed by atoms with Crippen LogP contribution in [0.3, 0.4) is 0 Å². The summed E-state index contributed by atoms with van der Waals surface area (Å²) in [6, 6.07) is 12.5. The zero-order valence-corrected chi connectivity index (χ0v) is 13.6. The summed E-state index contributed by atoms with van der Waals surface area (Å²) in [5, 5.41) is 6.64. The Bertz CT molecular complexity index is 1010. The molecule has 0 aliphatic rings. The first-order valence-electron chi connectivity index (χ1n) is 7.94. The van der Waals surface area contributed by atoms with E-state index in [-0.39, 0.29) is 11.6 Å². The summed E-state index contributed by atoms with van der Waals surface area (Å²) in [5.41, 5.74) is 2.58. The third-order valence-electron chi connectivity index (χ3n) is 3.74. The van der Waals surface area contributed by atoms with E-state index in [9.17, 15) is 4.79 Å². The molecular weight excluding hydrogens is 332 g/mol. The van der Waals surface area contributed by atoms with Gasteiger partial charge in [0.1, 0.15) is 5.69 Å². The summed E-state index contributed by atoms with van der Waals surface area (Å²) < 4.78 is 10.6. The molecule has 26 heavy (non-hydrogen) atoms. The van der Waals surface area contributed by atoms with Gasteiger partial charge in [0.2, 0.25) is 0 Å². The average Bonchev–Trinajstić information content (AvgIpc) is 3.39. The fourth-order valence-electron chi connectivity index (χ4n) is 2.44. The van der Waals surface area contributed by atoms with Crippen LogP contribution in [0.2, 0.25) is 0 Å². The van der Waals surface area contributed by atoms with Gasteiger partial charge in [-0.3, -0.25) is 14.8 Å². The maximum atomic E-state index is 12.3. The summed E-state index contributed by atoms with van der Waals surface area (Å²) >= 11 is 0. The Morgan fingerprint density at radius 2 is 2.04 bits per heavy atom. The second-order valence-corrected chi connectivity index (χ2v) is 5.53. The van der Waals surface area contributed by atoms with Gasteiger partial charge < -0.3 is 14.3 Å². The first-order chi connectivity index (χ1) is 12.8. The Balaban J connectivity index is 1.43. The molecule has 0 saturated carbocycles. The number of hydrogen-bond acceptors (Lipinski definition) is 6. The number of carbonyl (C=O) groups is 1.